The molecule has 9 heteroatoms. The molecule has 2 aromatic carbocycles. The highest BCUT2D eigenvalue weighted by Crippen LogP contribution is 2.28. The van der Waals surface area contributed by atoms with Gasteiger partial charge in [0.25, 0.3) is 0 Å². The molecule has 0 spiro atoms. The molecule has 1 aliphatic heterocycles. The molecular weight excluding hydrogens is 400 g/mol. The summed E-state index contributed by atoms with van der Waals surface area (Å²) in [6.45, 7) is 1.84. The van der Waals surface area contributed by atoms with Crippen molar-refractivity contribution in [1.29, 1.82) is 0 Å². The number of anilines is 1. The van der Waals surface area contributed by atoms with Gasteiger partial charge in [0.05, 0.1) is 22.3 Å². The van der Waals surface area contributed by atoms with Crippen LogP contribution in [0.1, 0.15) is 18.9 Å². The molecule has 1 saturated heterocycles. The summed E-state index contributed by atoms with van der Waals surface area (Å²) in [6, 6.07) is 15.1. The van der Waals surface area contributed by atoms with Gasteiger partial charge in [-0.2, -0.15) is 0 Å². The molecule has 1 atom stereocenters. The maximum Gasteiger partial charge on any atom is 0.244 e. The molecule has 1 fully saturated rings. The minimum atomic E-state index is -3.71. The highest BCUT2D eigenvalue weighted by Gasteiger charge is 2.41. The molecule has 0 bridgehead atoms. The first kappa shape index (κ1) is 20.5. The SMILES string of the molecule is CC1CS(=O)(=O)N(c2ccc(S(=O)(=O)NCCCc3ccccc3)cc2)C1=O. The normalized spacial score (nSPS) is 19.1. The molecule has 0 saturated carbocycles. The van der Waals surface area contributed by atoms with E-state index in [9.17, 15) is 21.6 Å². The Balaban J connectivity index is 1.64. The van der Waals surface area contributed by atoms with E-state index in [-0.39, 0.29) is 22.9 Å². The molecule has 0 aliphatic carbocycles. The number of rotatable bonds is 7. The molecule has 150 valence electrons. The summed E-state index contributed by atoms with van der Waals surface area (Å²) in [5.74, 6) is -1.36. The van der Waals surface area contributed by atoms with Gasteiger partial charge in [-0.3, -0.25) is 4.79 Å². The Morgan fingerprint density at radius 2 is 1.71 bits per heavy atom. The Morgan fingerprint density at radius 3 is 2.29 bits per heavy atom. The number of carbonyl (C=O) groups excluding carboxylic acids is 1. The summed E-state index contributed by atoms with van der Waals surface area (Å²) in [5.41, 5.74) is 1.29. The van der Waals surface area contributed by atoms with Gasteiger partial charge in [0.2, 0.25) is 26.0 Å². The van der Waals surface area contributed by atoms with Gasteiger partial charge in [-0.1, -0.05) is 37.3 Å². The van der Waals surface area contributed by atoms with Gasteiger partial charge in [-0.15, -0.1) is 0 Å². The van der Waals surface area contributed by atoms with Crippen LogP contribution in [0.2, 0.25) is 0 Å². The number of aryl methyl sites for hydroxylation is 1. The van der Waals surface area contributed by atoms with Crippen LogP contribution in [0.15, 0.2) is 59.5 Å². The lowest BCUT2D eigenvalue weighted by Gasteiger charge is -2.15. The molecule has 1 aliphatic rings. The van der Waals surface area contributed by atoms with Gasteiger partial charge in [-0.05, 0) is 42.7 Å². The van der Waals surface area contributed by atoms with Crippen molar-refractivity contribution in [3.05, 3.63) is 60.2 Å². The third-order valence-corrected chi connectivity index (χ3v) is 7.86. The van der Waals surface area contributed by atoms with Crippen molar-refractivity contribution >= 4 is 31.6 Å². The van der Waals surface area contributed by atoms with E-state index in [1.165, 1.54) is 24.3 Å². The van der Waals surface area contributed by atoms with Crippen molar-refractivity contribution in [2.75, 3.05) is 16.6 Å². The molecule has 2 aromatic rings. The van der Waals surface area contributed by atoms with Gasteiger partial charge in [-0.25, -0.2) is 25.9 Å². The molecule has 0 aromatic heterocycles. The second-order valence-corrected chi connectivity index (χ2v) is 10.4. The molecule has 0 radical (unpaired) electrons. The van der Waals surface area contributed by atoms with Crippen LogP contribution in [0, 0.1) is 5.92 Å². The number of hydrogen-bond donors (Lipinski definition) is 1. The summed E-state index contributed by atoms with van der Waals surface area (Å²) in [6.07, 6.45) is 1.41. The van der Waals surface area contributed by atoms with Crippen LogP contribution in [0.25, 0.3) is 0 Å². The average Bonchev–Trinajstić information content (AvgIpc) is 2.87. The Hall–Kier alpha value is -2.23. The minimum absolute atomic E-state index is 0.0213. The smallest absolute Gasteiger partial charge is 0.244 e. The van der Waals surface area contributed by atoms with Crippen LogP contribution in [-0.2, 0) is 31.3 Å². The highest BCUT2D eigenvalue weighted by atomic mass is 32.2. The van der Waals surface area contributed by atoms with Gasteiger partial charge in [0, 0.05) is 6.54 Å². The Bertz CT molecular complexity index is 1050. The second-order valence-electron chi connectivity index (χ2n) is 6.76. The van der Waals surface area contributed by atoms with Gasteiger partial charge in [0.1, 0.15) is 0 Å². The van der Waals surface area contributed by atoms with Crippen LogP contribution < -0.4 is 9.03 Å². The van der Waals surface area contributed by atoms with E-state index in [1.807, 2.05) is 30.3 Å². The lowest BCUT2D eigenvalue weighted by atomic mass is 10.1. The number of amides is 1. The topological polar surface area (TPSA) is 101 Å². The van der Waals surface area contributed by atoms with Gasteiger partial charge in [0.15, 0.2) is 0 Å². The molecule has 1 unspecified atom stereocenters. The van der Waals surface area contributed by atoms with Crippen LogP contribution in [0.5, 0.6) is 0 Å². The lowest BCUT2D eigenvalue weighted by molar-refractivity contribution is -0.119. The van der Waals surface area contributed by atoms with Crippen LogP contribution >= 0.6 is 0 Å². The zero-order chi connectivity index (χ0) is 20.4. The molecule has 3 rings (SSSR count). The first-order valence-electron chi connectivity index (χ1n) is 8.91. The summed E-state index contributed by atoms with van der Waals surface area (Å²) < 4.78 is 52.4. The monoisotopic (exact) mass is 422 g/mol. The predicted octanol–water partition coefficient (Wildman–Crippen LogP) is 1.91. The van der Waals surface area contributed by atoms with Crippen molar-refractivity contribution in [3.8, 4) is 0 Å². The standard InChI is InChI=1S/C19H22N2O5S2/c1-15-14-27(23,24)21(19(15)22)17-9-11-18(12-10-17)28(25,26)20-13-5-8-16-6-3-2-4-7-16/h2-4,6-7,9-12,15,20H,5,8,13-14H2,1H3. The molecular formula is C19H22N2O5S2. The zero-order valence-electron chi connectivity index (χ0n) is 15.4. The number of benzene rings is 2. The minimum Gasteiger partial charge on any atom is -0.273 e. The van der Waals surface area contributed by atoms with E-state index in [4.69, 9.17) is 0 Å². The molecule has 7 nitrogen and oxygen atoms in total. The fourth-order valence-electron chi connectivity index (χ4n) is 3.07. The van der Waals surface area contributed by atoms with E-state index in [0.717, 1.165) is 16.3 Å². The molecule has 1 heterocycles. The van der Waals surface area contributed by atoms with Crippen molar-refractivity contribution in [2.24, 2.45) is 5.92 Å². The third-order valence-electron chi connectivity index (χ3n) is 4.52. The summed E-state index contributed by atoms with van der Waals surface area (Å²) in [5, 5.41) is 0. The van der Waals surface area contributed by atoms with Crippen molar-refractivity contribution in [3.63, 3.8) is 0 Å². The summed E-state index contributed by atoms with van der Waals surface area (Å²) in [4.78, 5) is 12.1. The first-order valence-corrected chi connectivity index (χ1v) is 12.0. The van der Waals surface area contributed by atoms with E-state index < -0.39 is 31.9 Å². The number of sulfonamides is 2. The fraction of sp³-hybridized carbons (Fsp3) is 0.316. The first-order chi connectivity index (χ1) is 13.2. The molecule has 28 heavy (non-hydrogen) atoms. The maximum absolute atomic E-state index is 12.4. The zero-order valence-corrected chi connectivity index (χ0v) is 17.0. The summed E-state index contributed by atoms with van der Waals surface area (Å²) >= 11 is 0. The van der Waals surface area contributed by atoms with Crippen molar-refractivity contribution < 1.29 is 21.6 Å². The van der Waals surface area contributed by atoms with E-state index in [1.54, 1.807) is 6.92 Å². The van der Waals surface area contributed by atoms with Crippen LogP contribution in [0.4, 0.5) is 5.69 Å². The highest BCUT2D eigenvalue weighted by molar-refractivity contribution is 7.94. The van der Waals surface area contributed by atoms with Crippen molar-refractivity contribution in [2.45, 2.75) is 24.7 Å². The number of carbonyl (C=O) groups is 1. The van der Waals surface area contributed by atoms with Crippen LogP contribution in [-0.4, -0.2) is 35.0 Å². The number of nitrogens with one attached hydrogen (secondary N) is 1. The Labute approximate surface area is 165 Å². The average molecular weight is 423 g/mol. The van der Waals surface area contributed by atoms with E-state index in [0.29, 0.717) is 6.42 Å². The number of nitrogens with zero attached hydrogens (tertiary/aromatic N) is 1. The molecule has 1 N–H and O–H groups in total. The van der Waals surface area contributed by atoms with E-state index >= 15 is 0 Å². The summed E-state index contributed by atoms with van der Waals surface area (Å²) in [7, 11) is -7.42. The van der Waals surface area contributed by atoms with Gasteiger partial charge >= 0.3 is 0 Å². The number of hydrogen-bond acceptors (Lipinski definition) is 5. The molecule has 1 amide bonds. The Morgan fingerprint density at radius 1 is 1.07 bits per heavy atom. The fourth-order valence-corrected chi connectivity index (χ4v) is 5.97. The third kappa shape index (κ3) is 4.43. The maximum atomic E-state index is 12.4. The quantitative estimate of drug-likeness (QED) is 0.687. The second kappa shape index (κ2) is 8.02. The predicted molar refractivity (Wildman–Crippen MR) is 107 cm³/mol. The van der Waals surface area contributed by atoms with E-state index in [2.05, 4.69) is 4.72 Å². The van der Waals surface area contributed by atoms with Gasteiger partial charge < -0.3 is 0 Å². The largest absolute Gasteiger partial charge is 0.273 e. The lowest BCUT2D eigenvalue weighted by Crippen LogP contribution is -2.30. The van der Waals surface area contributed by atoms with Crippen LogP contribution in [0.3, 0.4) is 0 Å². The van der Waals surface area contributed by atoms with Crippen molar-refractivity contribution in [1.82, 2.24) is 4.72 Å². The Kier molecular flexibility index (Phi) is 5.87.